The highest BCUT2D eigenvalue weighted by atomic mass is 32.1. The molecule has 5 heteroatoms. The molecule has 2 rings (SSSR count). The van der Waals surface area contributed by atoms with E-state index >= 15 is 0 Å². The molecule has 1 aromatic carbocycles. The van der Waals surface area contributed by atoms with Gasteiger partial charge in [-0.2, -0.15) is 0 Å². The molecule has 0 atom stereocenters. The van der Waals surface area contributed by atoms with Gasteiger partial charge in [-0.05, 0) is 26.3 Å². The Morgan fingerprint density at radius 2 is 2.07 bits per heavy atom. The van der Waals surface area contributed by atoms with Crippen LogP contribution in [-0.4, -0.2) is 9.91 Å². The van der Waals surface area contributed by atoms with Crippen LogP contribution in [0.4, 0.5) is 5.69 Å². The van der Waals surface area contributed by atoms with Crippen molar-refractivity contribution < 1.29 is 4.92 Å². The molecule has 0 aliphatic heterocycles. The lowest BCUT2D eigenvalue weighted by molar-refractivity contribution is -0.385. The van der Waals surface area contributed by atoms with Crippen LogP contribution in [0.5, 0.6) is 0 Å². The van der Waals surface area contributed by atoms with Gasteiger partial charge in [-0.15, -0.1) is 11.3 Å². The van der Waals surface area contributed by atoms with Crippen molar-refractivity contribution in [2.75, 3.05) is 0 Å². The Hall–Kier alpha value is -1.49. The number of nitro benzene ring substituents is 1. The molecular formula is C10H10N2O2S. The molecule has 0 saturated heterocycles. The van der Waals surface area contributed by atoms with Crippen molar-refractivity contribution >= 4 is 27.2 Å². The van der Waals surface area contributed by atoms with Crippen molar-refractivity contribution in [3.05, 3.63) is 32.3 Å². The molecule has 1 aromatic heterocycles. The third-order valence-electron chi connectivity index (χ3n) is 2.38. The number of benzene rings is 1. The molecule has 0 amide bonds. The molecule has 0 unspecified atom stereocenters. The molecule has 0 radical (unpaired) electrons. The van der Waals surface area contributed by atoms with Gasteiger partial charge in [-0.1, -0.05) is 0 Å². The van der Waals surface area contributed by atoms with Crippen molar-refractivity contribution in [2.45, 2.75) is 20.8 Å². The van der Waals surface area contributed by atoms with Crippen LogP contribution in [0.2, 0.25) is 0 Å². The van der Waals surface area contributed by atoms with Gasteiger partial charge >= 0.3 is 0 Å². The van der Waals surface area contributed by atoms with E-state index in [9.17, 15) is 10.1 Å². The minimum absolute atomic E-state index is 0.158. The number of aryl methyl sites for hydroxylation is 3. The Morgan fingerprint density at radius 3 is 2.67 bits per heavy atom. The third-order valence-corrected chi connectivity index (χ3v) is 3.49. The molecule has 0 N–H and O–H groups in total. The van der Waals surface area contributed by atoms with Gasteiger partial charge in [0.1, 0.15) is 0 Å². The molecule has 2 aromatic rings. The summed E-state index contributed by atoms with van der Waals surface area (Å²) in [5.74, 6) is 0. The number of rotatable bonds is 1. The Morgan fingerprint density at radius 1 is 1.40 bits per heavy atom. The Labute approximate surface area is 90.7 Å². The van der Waals surface area contributed by atoms with E-state index in [1.807, 2.05) is 13.8 Å². The molecule has 0 fully saturated rings. The molecule has 4 nitrogen and oxygen atoms in total. The van der Waals surface area contributed by atoms with Gasteiger partial charge in [0.25, 0.3) is 5.69 Å². The first kappa shape index (κ1) is 10.0. The van der Waals surface area contributed by atoms with Crippen LogP contribution in [0, 0.1) is 30.9 Å². The molecule has 0 aliphatic rings. The van der Waals surface area contributed by atoms with Crippen molar-refractivity contribution in [1.29, 1.82) is 0 Å². The van der Waals surface area contributed by atoms with E-state index < -0.39 is 0 Å². The fourth-order valence-electron chi connectivity index (χ4n) is 1.64. The molecule has 1 heterocycles. The lowest BCUT2D eigenvalue weighted by Crippen LogP contribution is -1.93. The summed E-state index contributed by atoms with van der Waals surface area (Å²) in [6, 6.07) is 1.62. The number of nitro groups is 1. The van der Waals surface area contributed by atoms with E-state index in [0.29, 0.717) is 5.56 Å². The van der Waals surface area contributed by atoms with Crippen LogP contribution in [0.3, 0.4) is 0 Å². The lowest BCUT2D eigenvalue weighted by atomic mass is 10.1. The maximum atomic E-state index is 10.8. The summed E-state index contributed by atoms with van der Waals surface area (Å²) in [5.41, 5.74) is 2.51. The maximum Gasteiger partial charge on any atom is 0.274 e. The van der Waals surface area contributed by atoms with E-state index in [2.05, 4.69) is 4.98 Å². The summed E-state index contributed by atoms with van der Waals surface area (Å²) in [5, 5.41) is 11.7. The number of hydrogen-bond acceptors (Lipinski definition) is 4. The van der Waals surface area contributed by atoms with Gasteiger partial charge in [0.15, 0.2) is 0 Å². The first-order valence-electron chi connectivity index (χ1n) is 4.52. The molecule has 0 saturated carbocycles. The molecular weight excluding hydrogens is 212 g/mol. The van der Waals surface area contributed by atoms with Crippen LogP contribution < -0.4 is 0 Å². The summed E-state index contributed by atoms with van der Waals surface area (Å²) in [6.07, 6.45) is 0. The van der Waals surface area contributed by atoms with Crippen molar-refractivity contribution in [3.8, 4) is 0 Å². The second-order valence-corrected chi connectivity index (χ2v) is 4.71. The number of hydrogen-bond donors (Lipinski definition) is 0. The van der Waals surface area contributed by atoms with Gasteiger partial charge in [0, 0.05) is 6.07 Å². The smallest absolute Gasteiger partial charge is 0.258 e. The number of aromatic nitrogens is 1. The van der Waals surface area contributed by atoms with Crippen LogP contribution >= 0.6 is 11.3 Å². The third kappa shape index (κ3) is 1.48. The predicted molar refractivity (Wildman–Crippen MR) is 60.5 cm³/mol. The standard InChI is InChI=1S/C10H10N2O2S/c1-5-4-8(12(13)14)6(2)9-10(5)15-7(3)11-9/h4H,1-3H3. The van der Waals surface area contributed by atoms with Crippen molar-refractivity contribution in [1.82, 2.24) is 4.98 Å². The monoisotopic (exact) mass is 222 g/mol. The van der Waals surface area contributed by atoms with E-state index in [4.69, 9.17) is 0 Å². The summed E-state index contributed by atoms with van der Waals surface area (Å²) in [6.45, 7) is 5.54. The number of fused-ring (bicyclic) bond motifs is 1. The average molecular weight is 222 g/mol. The van der Waals surface area contributed by atoms with E-state index in [1.165, 1.54) is 0 Å². The minimum Gasteiger partial charge on any atom is -0.258 e. The van der Waals surface area contributed by atoms with Crippen LogP contribution in [0.25, 0.3) is 10.2 Å². The highest BCUT2D eigenvalue weighted by Gasteiger charge is 2.17. The largest absolute Gasteiger partial charge is 0.274 e. The van der Waals surface area contributed by atoms with Gasteiger partial charge in [-0.25, -0.2) is 4.98 Å². The number of nitrogens with zero attached hydrogens (tertiary/aromatic N) is 2. The van der Waals surface area contributed by atoms with E-state index in [1.54, 1.807) is 24.3 Å². The van der Waals surface area contributed by atoms with Gasteiger partial charge in [0.2, 0.25) is 0 Å². The van der Waals surface area contributed by atoms with Gasteiger partial charge in [-0.3, -0.25) is 10.1 Å². The maximum absolute atomic E-state index is 10.8. The van der Waals surface area contributed by atoms with Gasteiger partial charge < -0.3 is 0 Å². The Balaban J connectivity index is 2.89. The van der Waals surface area contributed by atoms with Crippen LogP contribution in [0.15, 0.2) is 6.07 Å². The zero-order chi connectivity index (χ0) is 11.2. The Bertz CT molecular complexity index is 560. The first-order valence-corrected chi connectivity index (χ1v) is 5.34. The highest BCUT2D eigenvalue weighted by molar-refractivity contribution is 7.18. The van der Waals surface area contributed by atoms with Crippen molar-refractivity contribution in [3.63, 3.8) is 0 Å². The van der Waals surface area contributed by atoms with Crippen LogP contribution in [-0.2, 0) is 0 Å². The molecule has 15 heavy (non-hydrogen) atoms. The minimum atomic E-state index is -0.351. The highest BCUT2D eigenvalue weighted by Crippen LogP contribution is 2.33. The normalized spacial score (nSPS) is 10.9. The zero-order valence-corrected chi connectivity index (χ0v) is 9.51. The topological polar surface area (TPSA) is 56.0 Å². The molecule has 0 aliphatic carbocycles. The molecule has 0 spiro atoms. The van der Waals surface area contributed by atoms with E-state index in [-0.39, 0.29) is 10.6 Å². The second kappa shape index (κ2) is 3.27. The number of thiazole rings is 1. The summed E-state index contributed by atoms with van der Waals surface area (Å²) >= 11 is 1.58. The second-order valence-electron chi connectivity index (χ2n) is 3.51. The molecule has 0 bridgehead atoms. The summed E-state index contributed by atoms with van der Waals surface area (Å²) in [4.78, 5) is 14.8. The summed E-state index contributed by atoms with van der Waals surface area (Å²) in [7, 11) is 0. The van der Waals surface area contributed by atoms with Crippen LogP contribution in [0.1, 0.15) is 16.1 Å². The fraction of sp³-hybridized carbons (Fsp3) is 0.300. The quantitative estimate of drug-likeness (QED) is 0.550. The predicted octanol–water partition coefficient (Wildman–Crippen LogP) is 3.13. The Kier molecular flexibility index (Phi) is 2.19. The van der Waals surface area contributed by atoms with Gasteiger partial charge in [0.05, 0.1) is 25.7 Å². The SMILES string of the molecule is Cc1nc2c(C)c([N+](=O)[O-])cc(C)c2s1. The summed E-state index contributed by atoms with van der Waals surface area (Å²) < 4.78 is 1.05. The zero-order valence-electron chi connectivity index (χ0n) is 8.70. The fourth-order valence-corrected chi connectivity index (χ4v) is 2.59. The van der Waals surface area contributed by atoms with E-state index in [0.717, 1.165) is 20.8 Å². The first-order chi connectivity index (χ1) is 7.00. The average Bonchev–Trinajstić information content (AvgIpc) is 2.53. The van der Waals surface area contributed by atoms with Crippen molar-refractivity contribution in [2.24, 2.45) is 0 Å². The molecule has 78 valence electrons. The lowest BCUT2D eigenvalue weighted by Gasteiger charge is -2.00.